The average molecular weight is 210 g/mol. The molecule has 0 aliphatic rings. The molecule has 0 saturated heterocycles. The zero-order chi connectivity index (χ0) is 11.7. The maximum atomic E-state index is 4.10. The fourth-order valence-electron chi connectivity index (χ4n) is 1.51. The van der Waals surface area contributed by atoms with Crippen molar-refractivity contribution in [2.45, 2.75) is 34.1 Å². The molecular weight excluding hydrogens is 184 g/mol. The summed E-state index contributed by atoms with van der Waals surface area (Å²) < 4.78 is 0. The topological polar surface area (TPSA) is 24.1 Å². The molecular formula is C13H26N2. The van der Waals surface area contributed by atoms with Crippen LogP contribution in [-0.4, -0.2) is 13.2 Å². The second kappa shape index (κ2) is 8.54. The minimum atomic E-state index is 0.452. The molecule has 1 atom stereocenters. The number of rotatable bonds is 8. The van der Waals surface area contributed by atoms with E-state index in [4.69, 9.17) is 0 Å². The molecule has 0 saturated carbocycles. The molecule has 0 aliphatic heterocycles. The van der Waals surface area contributed by atoms with Gasteiger partial charge in [-0.05, 0) is 25.8 Å². The third-order valence-corrected chi connectivity index (χ3v) is 2.29. The molecule has 2 nitrogen and oxygen atoms in total. The van der Waals surface area contributed by atoms with Crippen LogP contribution >= 0.6 is 0 Å². The largest absolute Gasteiger partial charge is 0.376 e. The number of hydrogen-bond acceptors (Lipinski definition) is 2. The summed E-state index contributed by atoms with van der Waals surface area (Å²) in [7, 11) is 0. The lowest BCUT2D eigenvalue weighted by Gasteiger charge is -2.19. The second-order valence-corrected chi connectivity index (χ2v) is 4.24. The molecule has 0 amide bonds. The Balaban J connectivity index is 4.04. The third-order valence-electron chi connectivity index (χ3n) is 2.29. The van der Waals surface area contributed by atoms with Crippen LogP contribution in [-0.2, 0) is 0 Å². The third kappa shape index (κ3) is 7.20. The lowest BCUT2D eigenvalue weighted by atomic mass is 9.94. The molecule has 0 spiro atoms. The highest BCUT2D eigenvalue weighted by Gasteiger charge is 2.10. The van der Waals surface area contributed by atoms with Crippen molar-refractivity contribution < 1.29 is 0 Å². The van der Waals surface area contributed by atoms with Crippen molar-refractivity contribution in [2.24, 2.45) is 11.8 Å². The number of hydrogen-bond donors (Lipinski definition) is 2. The van der Waals surface area contributed by atoms with Crippen molar-refractivity contribution in [1.29, 1.82) is 0 Å². The van der Waals surface area contributed by atoms with Crippen LogP contribution in [0.25, 0.3) is 0 Å². The van der Waals surface area contributed by atoms with E-state index in [1.165, 1.54) is 0 Å². The lowest BCUT2D eigenvalue weighted by Crippen LogP contribution is -2.30. The van der Waals surface area contributed by atoms with Crippen LogP contribution in [0.1, 0.15) is 34.1 Å². The quantitative estimate of drug-likeness (QED) is 0.366. The molecule has 0 heterocycles. The first kappa shape index (κ1) is 14.2. The van der Waals surface area contributed by atoms with Gasteiger partial charge in [0.15, 0.2) is 0 Å². The summed E-state index contributed by atoms with van der Waals surface area (Å²) in [5, 5.41) is 6.55. The minimum absolute atomic E-state index is 0.452. The lowest BCUT2D eigenvalue weighted by molar-refractivity contribution is 0.490. The van der Waals surface area contributed by atoms with Gasteiger partial charge in [0.05, 0.1) is 6.67 Å². The molecule has 0 aromatic heterocycles. The highest BCUT2D eigenvalue weighted by atomic mass is 15.1. The molecule has 0 aliphatic carbocycles. The van der Waals surface area contributed by atoms with Crippen molar-refractivity contribution in [3.05, 3.63) is 24.4 Å². The molecule has 0 radical (unpaired) electrons. The van der Waals surface area contributed by atoms with E-state index in [2.05, 4.69) is 57.1 Å². The van der Waals surface area contributed by atoms with Gasteiger partial charge in [0.25, 0.3) is 0 Å². The van der Waals surface area contributed by atoms with E-state index in [1.807, 2.05) is 0 Å². The number of allylic oxidation sites excluding steroid dienone is 2. The second-order valence-electron chi connectivity index (χ2n) is 4.24. The van der Waals surface area contributed by atoms with Gasteiger partial charge in [-0.1, -0.05) is 39.5 Å². The molecule has 88 valence electrons. The van der Waals surface area contributed by atoms with Crippen LogP contribution in [0.3, 0.4) is 0 Å². The Hall–Kier alpha value is -0.760. The summed E-state index contributed by atoms with van der Waals surface area (Å²) >= 11 is 0. The van der Waals surface area contributed by atoms with Gasteiger partial charge < -0.3 is 10.6 Å². The summed E-state index contributed by atoms with van der Waals surface area (Å²) in [6.45, 7) is 14.5. The van der Waals surface area contributed by atoms with Crippen molar-refractivity contribution in [1.82, 2.24) is 10.6 Å². The van der Waals surface area contributed by atoms with Crippen LogP contribution in [0.15, 0.2) is 24.4 Å². The molecule has 2 N–H and O–H groups in total. The first-order chi connectivity index (χ1) is 7.11. The van der Waals surface area contributed by atoms with Gasteiger partial charge in [-0.2, -0.15) is 0 Å². The Morgan fingerprint density at radius 2 is 2.07 bits per heavy atom. The zero-order valence-electron chi connectivity index (χ0n) is 10.6. The highest BCUT2D eigenvalue weighted by molar-refractivity contribution is 5.07. The smallest absolute Gasteiger partial charge is 0.0650 e. The SMILES string of the molecule is C=C(NCNCC)C(/C=C\C)CC(C)C. The van der Waals surface area contributed by atoms with Crippen molar-refractivity contribution in [3.8, 4) is 0 Å². The Kier molecular flexibility index (Phi) is 8.11. The molecule has 0 aromatic rings. The van der Waals surface area contributed by atoms with Gasteiger partial charge in [-0.25, -0.2) is 0 Å². The predicted molar refractivity (Wildman–Crippen MR) is 68.6 cm³/mol. The Labute approximate surface area is 94.8 Å². The summed E-state index contributed by atoms with van der Waals surface area (Å²) in [6, 6.07) is 0. The van der Waals surface area contributed by atoms with E-state index in [9.17, 15) is 0 Å². The van der Waals surface area contributed by atoms with E-state index in [-0.39, 0.29) is 0 Å². The van der Waals surface area contributed by atoms with E-state index in [0.717, 1.165) is 25.3 Å². The van der Waals surface area contributed by atoms with Crippen LogP contribution in [0.5, 0.6) is 0 Å². The molecule has 0 fully saturated rings. The Morgan fingerprint density at radius 3 is 2.53 bits per heavy atom. The first-order valence-electron chi connectivity index (χ1n) is 5.88. The molecule has 0 bridgehead atoms. The summed E-state index contributed by atoms with van der Waals surface area (Å²) in [6.07, 6.45) is 5.48. The fraction of sp³-hybridized carbons (Fsp3) is 0.692. The van der Waals surface area contributed by atoms with Gasteiger partial charge in [-0.15, -0.1) is 0 Å². The standard InChI is InChI=1S/C13H26N2/c1-6-8-13(9-11(3)4)12(5)15-10-14-7-2/h6,8,11,13-15H,5,7,9-10H2,1-4H3/b8-6-. The summed E-state index contributed by atoms with van der Waals surface area (Å²) in [4.78, 5) is 0. The van der Waals surface area contributed by atoms with E-state index < -0.39 is 0 Å². The fourth-order valence-corrected chi connectivity index (χ4v) is 1.51. The van der Waals surface area contributed by atoms with Gasteiger partial charge in [0.2, 0.25) is 0 Å². The van der Waals surface area contributed by atoms with E-state index >= 15 is 0 Å². The maximum Gasteiger partial charge on any atom is 0.0650 e. The number of nitrogens with one attached hydrogen (secondary N) is 2. The molecule has 0 rings (SSSR count). The molecule has 0 aromatic carbocycles. The molecule has 2 heteroatoms. The maximum absolute atomic E-state index is 4.10. The highest BCUT2D eigenvalue weighted by Crippen LogP contribution is 2.18. The predicted octanol–water partition coefficient (Wildman–Crippen LogP) is 2.90. The van der Waals surface area contributed by atoms with Crippen molar-refractivity contribution in [2.75, 3.05) is 13.2 Å². The van der Waals surface area contributed by atoms with Gasteiger partial charge in [0, 0.05) is 11.6 Å². The molecule has 15 heavy (non-hydrogen) atoms. The van der Waals surface area contributed by atoms with Gasteiger partial charge >= 0.3 is 0 Å². The zero-order valence-corrected chi connectivity index (χ0v) is 10.6. The van der Waals surface area contributed by atoms with Crippen LogP contribution in [0, 0.1) is 11.8 Å². The van der Waals surface area contributed by atoms with E-state index in [1.54, 1.807) is 0 Å². The van der Waals surface area contributed by atoms with Crippen LogP contribution < -0.4 is 10.6 Å². The Bertz CT molecular complexity index is 195. The van der Waals surface area contributed by atoms with Crippen LogP contribution in [0.4, 0.5) is 0 Å². The van der Waals surface area contributed by atoms with E-state index in [0.29, 0.717) is 11.8 Å². The Morgan fingerprint density at radius 1 is 1.40 bits per heavy atom. The monoisotopic (exact) mass is 210 g/mol. The average Bonchev–Trinajstić information content (AvgIpc) is 2.17. The first-order valence-corrected chi connectivity index (χ1v) is 5.88. The van der Waals surface area contributed by atoms with Gasteiger partial charge in [-0.3, -0.25) is 0 Å². The van der Waals surface area contributed by atoms with Crippen molar-refractivity contribution >= 4 is 0 Å². The van der Waals surface area contributed by atoms with Gasteiger partial charge in [0.1, 0.15) is 0 Å². The summed E-state index contributed by atoms with van der Waals surface area (Å²) in [5.41, 5.74) is 1.11. The molecule has 1 unspecified atom stereocenters. The van der Waals surface area contributed by atoms with Crippen LogP contribution in [0.2, 0.25) is 0 Å². The minimum Gasteiger partial charge on any atom is -0.376 e. The summed E-state index contributed by atoms with van der Waals surface area (Å²) in [5.74, 6) is 1.15. The van der Waals surface area contributed by atoms with Crippen molar-refractivity contribution in [3.63, 3.8) is 0 Å². The normalized spacial score (nSPS) is 13.4.